The Labute approximate surface area is 189 Å². The Hall–Kier alpha value is -3.44. The van der Waals surface area contributed by atoms with Gasteiger partial charge in [0.25, 0.3) is 5.91 Å². The molecule has 0 atom stereocenters. The van der Waals surface area contributed by atoms with Gasteiger partial charge in [0.05, 0.1) is 5.56 Å². The summed E-state index contributed by atoms with van der Waals surface area (Å²) in [6.07, 6.45) is 0. The molecule has 0 aromatic heterocycles. The fourth-order valence-corrected chi connectivity index (χ4v) is 4.01. The highest BCUT2D eigenvalue weighted by atomic mass is 16.5. The molecule has 0 bridgehead atoms. The van der Waals surface area contributed by atoms with Crippen LogP contribution in [0.2, 0.25) is 0 Å². The van der Waals surface area contributed by atoms with E-state index in [4.69, 9.17) is 4.74 Å². The number of hydrogen-bond donors (Lipinski definition) is 0. The van der Waals surface area contributed by atoms with Crippen LogP contribution in [-0.2, 0) is 26.2 Å². The molecule has 0 unspecified atom stereocenters. The first-order valence-electron chi connectivity index (χ1n) is 10.8. The molecule has 5 nitrogen and oxygen atoms in total. The zero-order valence-corrected chi connectivity index (χ0v) is 18.8. The number of ether oxygens (including phenoxy) is 1. The van der Waals surface area contributed by atoms with Gasteiger partial charge in [0.15, 0.2) is 5.78 Å². The van der Waals surface area contributed by atoms with Gasteiger partial charge in [-0.25, -0.2) is 0 Å². The van der Waals surface area contributed by atoms with Gasteiger partial charge >= 0.3 is 0 Å². The van der Waals surface area contributed by atoms with Gasteiger partial charge in [-0.1, -0.05) is 42.5 Å². The maximum atomic E-state index is 12.3. The van der Waals surface area contributed by atoms with E-state index in [1.807, 2.05) is 30.3 Å². The van der Waals surface area contributed by atoms with Gasteiger partial charge in [0.2, 0.25) is 0 Å². The minimum atomic E-state index is -0.0342. The van der Waals surface area contributed by atoms with Crippen LogP contribution in [0, 0.1) is 0 Å². The third-order valence-electron chi connectivity index (χ3n) is 5.74. The molecule has 0 spiro atoms. The van der Waals surface area contributed by atoms with Crippen LogP contribution < -0.4 is 4.74 Å². The first-order valence-corrected chi connectivity index (χ1v) is 10.8. The van der Waals surface area contributed by atoms with E-state index in [-0.39, 0.29) is 11.7 Å². The van der Waals surface area contributed by atoms with Crippen molar-refractivity contribution in [3.63, 3.8) is 0 Å². The number of benzene rings is 3. The molecule has 0 fully saturated rings. The second-order valence-electron chi connectivity index (χ2n) is 8.49. The fourth-order valence-electron chi connectivity index (χ4n) is 4.01. The minimum absolute atomic E-state index is 0.0153. The molecule has 3 aromatic rings. The number of Topliss-reactive ketones (excluding diaryl/α,β-unsaturated/α-hetero) is 1. The van der Waals surface area contributed by atoms with Gasteiger partial charge in [-0.15, -0.1) is 0 Å². The summed E-state index contributed by atoms with van der Waals surface area (Å²) in [7, 11) is 3.46. The van der Waals surface area contributed by atoms with Crippen molar-refractivity contribution in [2.45, 2.75) is 33.2 Å². The molecule has 4 rings (SSSR count). The van der Waals surface area contributed by atoms with Crippen LogP contribution in [0.4, 0.5) is 0 Å². The molecule has 5 heteroatoms. The van der Waals surface area contributed by atoms with Gasteiger partial charge in [-0.05, 0) is 53.4 Å². The SMILES string of the molecule is CC(=O)c1cc(CN2Cc3ccccc3C2)ccc1OCc1ccc(C(=O)N(C)C)cc1. The van der Waals surface area contributed by atoms with Crippen LogP contribution in [0.25, 0.3) is 0 Å². The molecule has 1 heterocycles. The van der Waals surface area contributed by atoms with Crippen LogP contribution in [-0.4, -0.2) is 35.6 Å². The van der Waals surface area contributed by atoms with Crippen LogP contribution in [0.5, 0.6) is 5.75 Å². The molecule has 3 aromatic carbocycles. The number of nitrogens with zero attached hydrogens (tertiary/aromatic N) is 2. The topological polar surface area (TPSA) is 49.9 Å². The predicted octanol–water partition coefficient (Wildman–Crippen LogP) is 4.69. The van der Waals surface area contributed by atoms with E-state index in [0.717, 1.165) is 30.8 Å². The van der Waals surface area contributed by atoms with Gasteiger partial charge in [-0.2, -0.15) is 0 Å². The Balaban J connectivity index is 1.42. The summed E-state index contributed by atoms with van der Waals surface area (Å²) in [6.45, 7) is 4.54. The molecule has 0 radical (unpaired) electrons. The Bertz CT molecular complexity index is 1110. The normalized spacial score (nSPS) is 13.0. The number of carbonyl (C=O) groups is 2. The van der Waals surface area contributed by atoms with Crippen LogP contribution in [0.1, 0.15) is 49.9 Å². The van der Waals surface area contributed by atoms with Crippen LogP contribution in [0.3, 0.4) is 0 Å². The summed E-state index contributed by atoms with van der Waals surface area (Å²) < 4.78 is 5.98. The average Bonchev–Trinajstić information content (AvgIpc) is 3.20. The summed E-state index contributed by atoms with van der Waals surface area (Å²) in [5, 5.41) is 0. The van der Waals surface area contributed by atoms with E-state index in [1.165, 1.54) is 11.1 Å². The summed E-state index contributed by atoms with van der Waals surface area (Å²) in [4.78, 5) is 28.2. The lowest BCUT2D eigenvalue weighted by Crippen LogP contribution is -2.21. The molecule has 0 saturated heterocycles. The number of fused-ring (bicyclic) bond motifs is 1. The highest BCUT2D eigenvalue weighted by molar-refractivity contribution is 5.97. The molecule has 0 saturated carbocycles. The highest BCUT2D eigenvalue weighted by Crippen LogP contribution is 2.27. The van der Waals surface area contributed by atoms with Crippen molar-refractivity contribution < 1.29 is 14.3 Å². The number of rotatable bonds is 7. The zero-order chi connectivity index (χ0) is 22.7. The second-order valence-corrected chi connectivity index (χ2v) is 8.49. The Morgan fingerprint density at radius 2 is 1.53 bits per heavy atom. The molecule has 1 aliphatic rings. The molecular weight excluding hydrogens is 400 g/mol. The highest BCUT2D eigenvalue weighted by Gasteiger charge is 2.19. The monoisotopic (exact) mass is 428 g/mol. The van der Waals surface area contributed by atoms with Gasteiger partial charge in [0.1, 0.15) is 12.4 Å². The van der Waals surface area contributed by atoms with Crippen molar-refractivity contribution >= 4 is 11.7 Å². The van der Waals surface area contributed by atoms with Crippen LogP contribution >= 0.6 is 0 Å². The van der Waals surface area contributed by atoms with Crippen molar-refractivity contribution in [2.75, 3.05) is 14.1 Å². The lowest BCUT2D eigenvalue weighted by atomic mass is 10.1. The molecule has 0 aliphatic carbocycles. The van der Waals surface area contributed by atoms with Gasteiger partial charge in [0, 0.05) is 39.3 Å². The maximum Gasteiger partial charge on any atom is 0.253 e. The lowest BCUT2D eigenvalue weighted by Gasteiger charge is -2.17. The van der Waals surface area contributed by atoms with Crippen molar-refractivity contribution in [1.29, 1.82) is 0 Å². The Morgan fingerprint density at radius 1 is 0.906 bits per heavy atom. The summed E-state index contributed by atoms with van der Waals surface area (Å²) in [6, 6.07) is 21.7. The number of carbonyl (C=O) groups excluding carboxylic acids is 2. The van der Waals surface area contributed by atoms with Crippen molar-refractivity contribution in [3.8, 4) is 5.75 Å². The van der Waals surface area contributed by atoms with E-state index < -0.39 is 0 Å². The van der Waals surface area contributed by atoms with Crippen LogP contribution in [0.15, 0.2) is 66.7 Å². The fraction of sp³-hybridized carbons (Fsp3) is 0.259. The summed E-state index contributed by atoms with van der Waals surface area (Å²) in [5.41, 5.74) is 6.01. The lowest BCUT2D eigenvalue weighted by molar-refractivity contribution is 0.0827. The third kappa shape index (κ3) is 4.89. The van der Waals surface area contributed by atoms with Crippen molar-refractivity contribution in [1.82, 2.24) is 9.80 Å². The minimum Gasteiger partial charge on any atom is -0.488 e. The van der Waals surface area contributed by atoms with Crippen molar-refractivity contribution in [3.05, 3.63) is 100 Å². The second kappa shape index (κ2) is 9.37. The third-order valence-corrected chi connectivity index (χ3v) is 5.74. The average molecular weight is 429 g/mol. The standard InChI is InChI=1S/C27H28N2O3/c1-19(30)25-14-21(15-29-16-23-6-4-5-7-24(23)17-29)10-13-26(25)32-18-20-8-11-22(12-9-20)27(31)28(2)3/h4-14H,15-18H2,1-3H3. The summed E-state index contributed by atoms with van der Waals surface area (Å²) in [5.74, 6) is 0.533. The number of ketones is 1. The number of amides is 1. The smallest absolute Gasteiger partial charge is 0.253 e. The first-order chi connectivity index (χ1) is 15.4. The zero-order valence-electron chi connectivity index (χ0n) is 18.8. The predicted molar refractivity (Wildman–Crippen MR) is 125 cm³/mol. The van der Waals surface area contributed by atoms with E-state index in [2.05, 4.69) is 29.2 Å². The molecule has 1 amide bonds. The molecule has 1 aliphatic heterocycles. The van der Waals surface area contributed by atoms with E-state index in [9.17, 15) is 9.59 Å². The Kier molecular flexibility index (Phi) is 6.37. The number of hydrogen-bond acceptors (Lipinski definition) is 4. The van der Waals surface area contributed by atoms with Gasteiger partial charge < -0.3 is 9.64 Å². The quantitative estimate of drug-likeness (QED) is 0.513. The maximum absolute atomic E-state index is 12.3. The molecule has 32 heavy (non-hydrogen) atoms. The Morgan fingerprint density at radius 3 is 2.12 bits per heavy atom. The molecule has 164 valence electrons. The summed E-state index contributed by atoms with van der Waals surface area (Å²) >= 11 is 0. The largest absolute Gasteiger partial charge is 0.488 e. The van der Waals surface area contributed by atoms with Gasteiger partial charge in [-0.3, -0.25) is 14.5 Å². The van der Waals surface area contributed by atoms with Crippen molar-refractivity contribution in [2.24, 2.45) is 0 Å². The molecular formula is C27H28N2O3. The van der Waals surface area contributed by atoms with E-state index in [1.54, 1.807) is 38.1 Å². The van der Waals surface area contributed by atoms with E-state index >= 15 is 0 Å². The first kappa shape index (κ1) is 21.8. The van der Waals surface area contributed by atoms with E-state index in [0.29, 0.717) is 23.5 Å². The molecule has 0 N–H and O–H groups in total.